The average molecular weight is 795 g/mol. The van der Waals surface area contributed by atoms with Crippen LogP contribution >= 0.6 is 0 Å². The number of hydrogen-bond acceptors (Lipinski definition) is 4. The molecule has 3 unspecified atom stereocenters. The Kier molecular flexibility index (Phi) is 8.63. The fourth-order valence-electron chi connectivity index (χ4n) is 10.2. The number of allylic oxidation sites excluding steroid dienone is 3. The summed E-state index contributed by atoms with van der Waals surface area (Å²) < 4.78 is 0. The number of para-hydroxylation sites is 2. The number of dihydropyridines is 1. The van der Waals surface area contributed by atoms with E-state index < -0.39 is 0 Å². The zero-order chi connectivity index (χ0) is 41.1. The minimum Gasteiger partial charge on any atom is -0.309 e. The predicted molar refractivity (Wildman–Crippen MR) is 263 cm³/mol. The fourth-order valence-corrected chi connectivity index (χ4v) is 10.2. The quantitative estimate of drug-likeness (QED) is 0.168. The molecule has 0 saturated carbocycles. The Morgan fingerprint density at radius 2 is 1.10 bits per heavy atom. The van der Waals surface area contributed by atoms with Crippen molar-refractivity contribution in [1.82, 2.24) is 4.98 Å². The highest BCUT2D eigenvalue weighted by atomic mass is 15.1. The molecule has 1 aromatic heterocycles. The molecular weight excluding hydrogens is 753 g/mol. The Balaban J connectivity index is 1.12. The Morgan fingerprint density at radius 1 is 0.516 bits per heavy atom. The molecule has 0 spiro atoms. The number of aliphatic imine (C=N–C) groups is 2. The summed E-state index contributed by atoms with van der Waals surface area (Å²) in [5, 5.41) is 8.19. The molecule has 0 bridgehead atoms. The molecule has 12 rings (SSSR count). The van der Waals surface area contributed by atoms with Gasteiger partial charge in [-0.2, -0.15) is 0 Å². The van der Waals surface area contributed by atoms with Crippen molar-refractivity contribution in [3.63, 3.8) is 0 Å². The van der Waals surface area contributed by atoms with E-state index in [1.807, 2.05) is 18.5 Å². The van der Waals surface area contributed by atoms with Crippen LogP contribution < -0.4 is 4.90 Å². The van der Waals surface area contributed by atoms with Gasteiger partial charge in [0.15, 0.2) is 0 Å². The lowest BCUT2D eigenvalue weighted by atomic mass is 9.82. The summed E-state index contributed by atoms with van der Waals surface area (Å²) in [5.41, 5.74) is 13.8. The van der Waals surface area contributed by atoms with E-state index in [9.17, 15) is 0 Å². The monoisotopic (exact) mass is 794 g/mol. The van der Waals surface area contributed by atoms with Crippen LogP contribution in [0.25, 0.3) is 71.0 Å². The van der Waals surface area contributed by atoms with E-state index in [0.717, 1.165) is 56.6 Å². The molecule has 0 N–H and O–H groups in total. The van der Waals surface area contributed by atoms with Gasteiger partial charge in [0.1, 0.15) is 0 Å². The molecule has 0 radical (unpaired) electrons. The number of fused-ring (bicyclic) bond motifs is 6. The number of rotatable bonds is 6. The van der Waals surface area contributed by atoms with E-state index in [4.69, 9.17) is 15.0 Å². The van der Waals surface area contributed by atoms with E-state index in [0.29, 0.717) is 5.92 Å². The predicted octanol–water partition coefficient (Wildman–Crippen LogP) is 15.0. The fraction of sp³-hybridized carbons (Fsp3) is 0.0862. The summed E-state index contributed by atoms with van der Waals surface area (Å²) in [4.78, 5) is 17.4. The highest BCUT2D eigenvalue weighted by molar-refractivity contribution is 6.16. The Hall–Kier alpha value is -7.69. The van der Waals surface area contributed by atoms with Gasteiger partial charge in [0.05, 0.1) is 34.3 Å². The van der Waals surface area contributed by atoms with Crippen molar-refractivity contribution in [2.75, 3.05) is 4.90 Å². The summed E-state index contributed by atoms with van der Waals surface area (Å²) in [6.07, 6.45) is 18.0. The maximum atomic E-state index is 5.04. The van der Waals surface area contributed by atoms with E-state index in [-0.39, 0.29) is 12.0 Å². The second-order valence-electron chi connectivity index (χ2n) is 16.7. The second kappa shape index (κ2) is 14.8. The third-order valence-corrected chi connectivity index (χ3v) is 13.0. The van der Waals surface area contributed by atoms with Crippen LogP contribution in [0.3, 0.4) is 0 Å². The smallest absolute Gasteiger partial charge is 0.0852 e. The third kappa shape index (κ3) is 5.86. The van der Waals surface area contributed by atoms with E-state index >= 15 is 0 Å². The number of anilines is 3. The van der Waals surface area contributed by atoms with Gasteiger partial charge >= 0.3 is 0 Å². The number of benzene rings is 8. The minimum atomic E-state index is 0.0446. The van der Waals surface area contributed by atoms with Crippen LogP contribution in [-0.4, -0.2) is 23.5 Å². The Labute approximate surface area is 361 Å². The molecule has 4 heteroatoms. The molecule has 62 heavy (non-hydrogen) atoms. The normalized spacial score (nSPS) is 17.7. The zero-order valence-corrected chi connectivity index (χ0v) is 34.4. The van der Waals surface area contributed by atoms with Gasteiger partial charge in [-0.05, 0) is 86.7 Å². The van der Waals surface area contributed by atoms with Gasteiger partial charge in [-0.1, -0.05) is 165 Å². The molecule has 9 aromatic rings. The topological polar surface area (TPSA) is 40.9 Å². The van der Waals surface area contributed by atoms with Crippen molar-refractivity contribution in [2.24, 2.45) is 21.8 Å². The highest BCUT2D eigenvalue weighted by Gasteiger charge is 2.28. The molecule has 0 amide bonds. The first-order valence-electron chi connectivity index (χ1n) is 21.6. The summed E-state index contributed by atoms with van der Waals surface area (Å²) in [7, 11) is 0. The van der Waals surface area contributed by atoms with Crippen LogP contribution in [-0.2, 0) is 6.42 Å². The van der Waals surface area contributed by atoms with Crippen molar-refractivity contribution in [1.29, 1.82) is 0 Å². The van der Waals surface area contributed by atoms with Crippen LogP contribution in [0.5, 0.6) is 0 Å². The first kappa shape index (κ1) is 36.2. The maximum Gasteiger partial charge on any atom is 0.0852 e. The van der Waals surface area contributed by atoms with Crippen molar-refractivity contribution < 1.29 is 0 Å². The van der Waals surface area contributed by atoms with Crippen molar-refractivity contribution in [3.05, 3.63) is 205 Å². The van der Waals surface area contributed by atoms with Gasteiger partial charge in [0.2, 0.25) is 0 Å². The molecule has 8 aromatic carbocycles. The first-order valence-corrected chi connectivity index (χ1v) is 21.6. The summed E-state index contributed by atoms with van der Waals surface area (Å²) in [6, 6.07) is 57.9. The summed E-state index contributed by atoms with van der Waals surface area (Å²) >= 11 is 0. The minimum absolute atomic E-state index is 0.0446. The van der Waals surface area contributed by atoms with Gasteiger partial charge < -0.3 is 4.90 Å². The lowest BCUT2D eigenvalue weighted by molar-refractivity contribution is 0.699. The van der Waals surface area contributed by atoms with Gasteiger partial charge in [0, 0.05) is 57.2 Å². The highest BCUT2D eigenvalue weighted by Crippen LogP contribution is 2.50. The van der Waals surface area contributed by atoms with Crippen molar-refractivity contribution in [3.8, 4) is 22.3 Å². The molecule has 1 aliphatic carbocycles. The van der Waals surface area contributed by atoms with Gasteiger partial charge in [0.25, 0.3) is 0 Å². The van der Waals surface area contributed by atoms with E-state index in [1.165, 1.54) is 54.8 Å². The van der Waals surface area contributed by atoms with Crippen LogP contribution in [0.4, 0.5) is 22.7 Å². The van der Waals surface area contributed by atoms with Crippen LogP contribution in [0.1, 0.15) is 18.1 Å². The van der Waals surface area contributed by atoms with Gasteiger partial charge in [-0.3, -0.25) is 15.0 Å². The van der Waals surface area contributed by atoms with Crippen LogP contribution in [0.15, 0.2) is 204 Å². The largest absolute Gasteiger partial charge is 0.309 e. The maximum absolute atomic E-state index is 5.04. The second-order valence-corrected chi connectivity index (χ2v) is 16.7. The molecule has 3 heterocycles. The third-order valence-electron chi connectivity index (χ3n) is 13.0. The SMILES string of the molecule is CC1C=Nc2c(cccc2-c2ccc(N(c3ccc(C4=CC=CC5C=CC=NC45)c4ccccc34)c3ccc(-c4cccc5cccnc45)c4ccccc34)c3ccccc23)C1. The first-order chi connectivity index (χ1) is 30.7. The molecule has 0 fully saturated rings. The lowest BCUT2D eigenvalue weighted by Gasteiger charge is -2.32. The van der Waals surface area contributed by atoms with Gasteiger partial charge in [-0.15, -0.1) is 0 Å². The molecule has 3 atom stereocenters. The lowest BCUT2D eigenvalue weighted by Crippen LogP contribution is -2.21. The summed E-state index contributed by atoms with van der Waals surface area (Å²) in [5.74, 6) is 0.662. The molecule has 294 valence electrons. The average Bonchev–Trinajstić information content (AvgIpc) is 3.33. The zero-order valence-electron chi connectivity index (χ0n) is 34.4. The number of nitrogens with zero attached hydrogens (tertiary/aromatic N) is 4. The standard InChI is InChI=1S/C58H42N4/c1-37-35-40-15-10-26-52(58(40)61-36-37)46-29-32-55(49-23-7-4-20-43(46)49)62(53-30-27-44(41-18-2-5-21-47(41)53)50-24-8-13-38-16-11-33-59-56(38)50)54-31-28-45(42-19-3-6-22-48(42)54)51-25-9-14-39-17-12-34-60-57(39)51/h2-34,36-38,56H,35H2,1H3. The number of pyridine rings is 1. The molecule has 2 aliphatic heterocycles. The van der Waals surface area contributed by atoms with Crippen molar-refractivity contribution >= 4 is 84.0 Å². The number of aromatic nitrogens is 1. The number of hydrogen-bond donors (Lipinski definition) is 0. The molecule has 0 saturated heterocycles. The Morgan fingerprint density at radius 3 is 1.81 bits per heavy atom. The molecular formula is C58H42N4. The summed E-state index contributed by atoms with van der Waals surface area (Å²) in [6.45, 7) is 2.24. The Bertz CT molecular complexity index is 3430. The van der Waals surface area contributed by atoms with Gasteiger partial charge in [-0.25, -0.2) is 0 Å². The van der Waals surface area contributed by atoms with Crippen LogP contribution in [0.2, 0.25) is 0 Å². The van der Waals surface area contributed by atoms with E-state index in [1.54, 1.807) is 0 Å². The molecule has 4 nitrogen and oxygen atoms in total. The molecule has 3 aliphatic rings. The van der Waals surface area contributed by atoms with Crippen LogP contribution in [0, 0.1) is 11.8 Å². The van der Waals surface area contributed by atoms with Crippen molar-refractivity contribution in [2.45, 2.75) is 19.4 Å². The van der Waals surface area contributed by atoms with E-state index in [2.05, 4.69) is 200 Å².